The van der Waals surface area contributed by atoms with Crippen molar-refractivity contribution >= 4 is 17.5 Å². The summed E-state index contributed by atoms with van der Waals surface area (Å²) in [4.78, 5) is 11.5. The Labute approximate surface area is 116 Å². The number of carbonyl (C=O) groups excluding carboxylic acids is 1. The van der Waals surface area contributed by atoms with Crippen molar-refractivity contribution < 1.29 is 9.53 Å². The lowest BCUT2D eigenvalue weighted by Crippen LogP contribution is -2.31. The number of nitrogens with zero attached hydrogens (tertiary/aromatic N) is 1. The quantitative estimate of drug-likeness (QED) is 0.881. The van der Waals surface area contributed by atoms with Gasteiger partial charge in [0.05, 0.1) is 0 Å². The molecule has 1 aromatic heterocycles. The van der Waals surface area contributed by atoms with E-state index in [0.29, 0.717) is 17.3 Å². The molecule has 0 saturated carbocycles. The van der Waals surface area contributed by atoms with Crippen LogP contribution in [0.1, 0.15) is 0 Å². The molecule has 0 aliphatic heterocycles. The molecule has 0 fully saturated rings. The SMILES string of the molecule is O=C(COc1ccc(Cl)cc1)NCCn1cccc1. The minimum atomic E-state index is -0.137. The van der Waals surface area contributed by atoms with Crippen molar-refractivity contribution in [2.24, 2.45) is 0 Å². The molecule has 100 valence electrons. The van der Waals surface area contributed by atoms with Crippen LogP contribution in [0.5, 0.6) is 5.75 Å². The minimum absolute atomic E-state index is 0.00725. The summed E-state index contributed by atoms with van der Waals surface area (Å²) in [5.74, 6) is 0.493. The molecule has 0 unspecified atom stereocenters. The van der Waals surface area contributed by atoms with Crippen molar-refractivity contribution in [3.63, 3.8) is 0 Å². The maximum Gasteiger partial charge on any atom is 0.258 e. The molecule has 1 amide bonds. The Morgan fingerprint density at radius 2 is 1.89 bits per heavy atom. The first-order valence-electron chi connectivity index (χ1n) is 6.00. The fourth-order valence-corrected chi connectivity index (χ4v) is 1.70. The van der Waals surface area contributed by atoms with Crippen molar-refractivity contribution in [1.82, 2.24) is 9.88 Å². The number of amides is 1. The van der Waals surface area contributed by atoms with Gasteiger partial charge in [0.15, 0.2) is 6.61 Å². The molecule has 5 heteroatoms. The van der Waals surface area contributed by atoms with Gasteiger partial charge >= 0.3 is 0 Å². The Hall–Kier alpha value is -1.94. The van der Waals surface area contributed by atoms with Gasteiger partial charge in [-0.05, 0) is 36.4 Å². The van der Waals surface area contributed by atoms with Gasteiger partial charge in [-0.15, -0.1) is 0 Å². The lowest BCUT2D eigenvalue weighted by molar-refractivity contribution is -0.123. The first-order valence-corrected chi connectivity index (χ1v) is 6.37. The third-order valence-electron chi connectivity index (χ3n) is 2.54. The Morgan fingerprint density at radius 3 is 2.58 bits per heavy atom. The van der Waals surface area contributed by atoms with Crippen molar-refractivity contribution in [3.05, 3.63) is 53.8 Å². The van der Waals surface area contributed by atoms with Gasteiger partial charge in [-0.3, -0.25) is 4.79 Å². The average Bonchev–Trinajstić information content (AvgIpc) is 2.91. The number of carbonyl (C=O) groups is 1. The zero-order valence-electron chi connectivity index (χ0n) is 10.4. The maximum absolute atomic E-state index is 11.5. The number of halogens is 1. The molecule has 0 aliphatic carbocycles. The molecular weight excluding hydrogens is 264 g/mol. The van der Waals surface area contributed by atoms with Crippen LogP contribution in [-0.4, -0.2) is 23.6 Å². The van der Waals surface area contributed by atoms with Gasteiger partial charge in [0.1, 0.15) is 5.75 Å². The van der Waals surface area contributed by atoms with E-state index in [-0.39, 0.29) is 12.5 Å². The number of benzene rings is 1. The largest absolute Gasteiger partial charge is 0.484 e. The van der Waals surface area contributed by atoms with E-state index >= 15 is 0 Å². The summed E-state index contributed by atoms with van der Waals surface area (Å²) >= 11 is 5.75. The zero-order valence-corrected chi connectivity index (χ0v) is 11.1. The van der Waals surface area contributed by atoms with E-state index in [9.17, 15) is 4.79 Å². The van der Waals surface area contributed by atoms with Crippen LogP contribution < -0.4 is 10.1 Å². The van der Waals surface area contributed by atoms with Gasteiger partial charge in [-0.2, -0.15) is 0 Å². The maximum atomic E-state index is 11.5. The van der Waals surface area contributed by atoms with Gasteiger partial charge in [-0.25, -0.2) is 0 Å². The zero-order chi connectivity index (χ0) is 13.5. The van der Waals surface area contributed by atoms with Gasteiger partial charge in [0, 0.05) is 30.5 Å². The van der Waals surface area contributed by atoms with E-state index in [1.807, 2.05) is 29.1 Å². The van der Waals surface area contributed by atoms with Crippen LogP contribution >= 0.6 is 11.6 Å². The van der Waals surface area contributed by atoms with Crippen molar-refractivity contribution in [3.8, 4) is 5.75 Å². The first kappa shape index (κ1) is 13.5. The summed E-state index contributed by atoms with van der Waals surface area (Å²) in [7, 11) is 0. The van der Waals surface area contributed by atoms with E-state index in [1.165, 1.54) is 0 Å². The van der Waals surface area contributed by atoms with Crippen LogP contribution in [0, 0.1) is 0 Å². The van der Waals surface area contributed by atoms with E-state index in [0.717, 1.165) is 6.54 Å². The molecule has 19 heavy (non-hydrogen) atoms. The van der Waals surface area contributed by atoms with E-state index in [2.05, 4.69) is 5.32 Å². The van der Waals surface area contributed by atoms with Crippen LogP contribution in [0.2, 0.25) is 5.02 Å². The fourth-order valence-electron chi connectivity index (χ4n) is 1.57. The standard InChI is InChI=1S/C14H15ClN2O2/c15-12-3-5-13(6-4-12)19-11-14(18)16-7-10-17-8-1-2-9-17/h1-6,8-9H,7,10-11H2,(H,16,18). The molecule has 0 atom stereocenters. The van der Waals surface area contributed by atoms with Crippen LogP contribution in [0.15, 0.2) is 48.8 Å². The number of rotatable bonds is 6. The van der Waals surface area contributed by atoms with Crippen LogP contribution in [0.4, 0.5) is 0 Å². The molecule has 0 radical (unpaired) electrons. The topological polar surface area (TPSA) is 43.3 Å². The molecular formula is C14H15ClN2O2. The third kappa shape index (κ3) is 4.67. The van der Waals surface area contributed by atoms with E-state index < -0.39 is 0 Å². The summed E-state index contributed by atoms with van der Waals surface area (Å²) in [6, 6.07) is 10.8. The predicted octanol–water partition coefficient (Wildman–Crippen LogP) is 2.34. The Kier molecular flexibility index (Phi) is 4.86. The molecule has 1 heterocycles. The van der Waals surface area contributed by atoms with Crippen molar-refractivity contribution in [2.45, 2.75) is 6.54 Å². The number of ether oxygens (including phenoxy) is 1. The highest BCUT2D eigenvalue weighted by Gasteiger charge is 2.02. The normalized spacial score (nSPS) is 10.2. The number of nitrogens with one attached hydrogen (secondary N) is 1. The van der Waals surface area contributed by atoms with Gasteiger partial charge in [-0.1, -0.05) is 11.6 Å². The van der Waals surface area contributed by atoms with Gasteiger partial charge < -0.3 is 14.6 Å². The second-order valence-corrected chi connectivity index (χ2v) is 4.45. The summed E-state index contributed by atoms with van der Waals surface area (Å²) in [5.41, 5.74) is 0. The van der Waals surface area contributed by atoms with Crippen LogP contribution in [0.25, 0.3) is 0 Å². The Morgan fingerprint density at radius 1 is 1.21 bits per heavy atom. The third-order valence-corrected chi connectivity index (χ3v) is 2.79. The molecule has 2 aromatic rings. The van der Waals surface area contributed by atoms with Crippen molar-refractivity contribution in [2.75, 3.05) is 13.2 Å². The molecule has 0 bridgehead atoms. The number of hydrogen-bond acceptors (Lipinski definition) is 2. The molecule has 0 saturated heterocycles. The summed E-state index contributed by atoms with van der Waals surface area (Å²) < 4.78 is 7.33. The first-order chi connectivity index (χ1) is 9.24. The predicted molar refractivity (Wildman–Crippen MR) is 74.4 cm³/mol. The second-order valence-electron chi connectivity index (χ2n) is 4.01. The molecule has 0 spiro atoms. The Balaban J connectivity index is 1.65. The highest BCUT2D eigenvalue weighted by atomic mass is 35.5. The van der Waals surface area contributed by atoms with E-state index in [1.54, 1.807) is 24.3 Å². The highest BCUT2D eigenvalue weighted by Crippen LogP contribution is 2.15. The lowest BCUT2D eigenvalue weighted by atomic mass is 10.3. The monoisotopic (exact) mass is 278 g/mol. The molecule has 2 rings (SSSR count). The van der Waals surface area contributed by atoms with Gasteiger partial charge in [0.2, 0.25) is 0 Å². The average molecular weight is 279 g/mol. The van der Waals surface area contributed by atoms with Crippen LogP contribution in [0.3, 0.4) is 0 Å². The molecule has 1 aromatic carbocycles. The van der Waals surface area contributed by atoms with Crippen LogP contribution in [-0.2, 0) is 11.3 Å². The summed E-state index contributed by atoms with van der Waals surface area (Å²) in [5, 5.41) is 3.43. The summed E-state index contributed by atoms with van der Waals surface area (Å²) in [6.45, 7) is 1.34. The number of hydrogen-bond donors (Lipinski definition) is 1. The van der Waals surface area contributed by atoms with E-state index in [4.69, 9.17) is 16.3 Å². The highest BCUT2D eigenvalue weighted by molar-refractivity contribution is 6.30. The van der Waals surface area contributed by atoms with Gasteiger partial charge in [0.25, 0.3) is 5.91 Å². The smallest absolute Gasteiger partial charge is 0.258 e. The summed E-state index contributed by atoms with van der Waals surface area (Å²) in [6.07, 6.45) is 3.91. The Bertz CT molecular complexity index is 509. The minimum Gasteiger partial charge on any atom is -0.484 e. The molecule has 1 N–H and O–H groups in total. The number of aromatic nitrogens is 1. The molecule has 0 aliphatic rings. The van der Waals surface area contributed by atoms with Crippen molar-refractivity contribution in [1.29, 1.82) is 0 Å². The molecule has 4 nitrogen and oxygen atoms in total. The second kappa shape index (κ2) is 6.85. The fraction of sp³-hybridized carbons (Fsp3) is 0.214. The lowest BCUT2D eigenvalue weighted by Gasteiger charge is -2.08.